The zero-order chi connectivity index (χ0) is 20.4. The van der Waals surface area contributed by atoms with E-state index >= 15 is 0 Å². The molecule has 1 aliphatic rings. The van der Waals surface area contributed by atoms with Crippen LogP contribution in [0, 0.1) is 5.41 Å². The molecule has 0 radical (unpaired) electrons. The van der Waals surface area contributed by atoms with Crippen molar-refractivity contribution in [1.82, 2.24) is 10.2 Å². The summed E-state index contributed by atoms with van der Waals surface area (Å²) in [7, 11) is 0. The number of nitrogens with zero attached hydrogens (tertiary/aromatic N) is 1. The third-order valence-electron chi connectivity index (χ3n) is 3.86. The fourth-order valence-corrected chi connectivity index (χ4v) is 2.16. The fourth-order valence-electron chi connectivity index (χ4n) is 2.16. The molecule has 1 rings (SSSR count). The van der Waals surface area contributed by atoms with Gasteiger partial charge in [0.2, 0.25) is 5.91 Å². The first kappa shape index (κ1) is 24.3. The van der Waals surface area contributed by atoms with Gasteiger partial charge in [0.25, 0.3) is 11.8 Å². The summed E-state index contributed by atoms with van der Waals surface area (Å²) in [5, 5.41) is 2.81. The highest BCUT2D eigenvalue weighted by atomic mass is 16.5. The van der Waals surface area contributed by atoms with Gasteiger partial charge in [-0.2, -0.15) is 0 Å². The van der Waals surface area contributed by atoms with Gasteiger partial charge in [0.05, 0.1) is 5.60 Å². The van der Waals surface area contributed by atoms with Crippen LogP contribution in [-0.4, -0.2) is 47.9 Å². The van der Waals surface area contributed by atoms with Gasteiger partial charge in [-0.15, -0.1) is 0 Å². The van der Waals surface area contributed by atoms with Crippen LogP contribution in [0.3, 0.4) is 0 Å². The third-order valence-corrected chi connectivity index (χ3v) is 3.86. The Labute approximate surface area is 158 Å². The highest BCUT2D eigenvalue weighted by molar-refractivity contribution is 6.13. The fraction of sp³-hybridized carbons (Fsp3) is 0.750. The molecule has 0 fully saturated rings. The molecule has 0 saturated heterocycles. The van der Waals surface area contributed by atoms with E-state index in [1.807, 2.05) is 27.7 Å². The Morgan fingerprint density at radius 2 is 1.58 bits per heavy atom. The Hall–Kier alpha value is -1.69. The molecule has 1 N–H and O–H groups in total. The molecule has 1 aliphatic heterocycles. The van der Waals surface area contributed by atoms with E-state index in [4.69, 9.17) is 4.74 Å². The molecule has 6 nitrogen and oxygen atoms in total. The number of ether oxygens (including phenoxy) is 1. The molecule has 0 saturated carbocycles. The van der Waals surface area contributed by atoms with E-state index in [9.17, 15) is 14.4 Å². The summed E-state index contributed by atoms with van der Waals surface area (Å²) >= 11 is 0. The molecule has 0 bridgehead atoms. The van der Waals surface area contributed by atoms with E-state index in [0.717, 1.165) is 11.3 Å². The summed E-state index contributed by atoms with van der Waals surface area (Å²) in [5.74, 6) is -0.893. The molecule has 0 aromatic rings. The van der Waals surface area contributed by atoms with Crippen LogP contribution in [-0.2, 0) is 19.1 Å². The number of amides is 3. The maximum atomic E-state index is 11.8. The summed E-state index contributed by atoms with van der Waals surface area (Å²) in [6.45, 7) is 15.9. The third kappa shape index (κ3) is 10.3. The van der Waals surface area contributed by atoms with Crippen molar-refractivity contribution in [3.8, 4) is 0 Å². The maximum absolute atomic E-state index is 11.8. The minimum atomic E-state index is -0.360. The van der Waals surface area contributed by atoms with Crippen LogP contribution in [0.15, 0.2) is 12.2 Å². The second-order valence-electron chi connectivity index (χ2n) is 7.93. The van der Waals surface area contributed by atoms with E-state index in [2.05, 4.69) is 26.1 Å². The predicted molar refractivity (Wildman–Crippen MR) is 104 cm³/mol. The Kier molecular flexibility index (Phi) is 10.4. The highest BCUT2D eigenvalue weighted by Crippen LogP contribution is 2.21. The van der Waals surface area contributed by atoms with Crippen molar-refractivity contribution in [3.63, 3.8) is 0 Å². The first-order chi connectivity index (χ1) is 12.0. The predicted octanol–water partition coefficient (Wildman–Crippen LogP) is 3.07. The molecule has 0 aromatic carbocycles. The van der Waals surface area contributed by atoms with Crippen molar-refractivity contribution >= 4 is 17.7 Å². The van der Waals surface area contributed by atoms with Crippen LogP contribution in [0.25, 0.3) is 0 Å². The van der Waals surface area contributed by atoms with Crippen molar-refractivity contribution < 1.29 is 19.1 Å². The van der Waals surface area contributed by atoms with E-state index in [1.54, 1.807) is 0 Å². The van der Waals surface area contributed by atoms with E-state index in [-0.39, 0.29) is 41.7 Å². The largest absolute Gasteiger partial charge is 0.375 e. The zero-order valence-corrected chi connectivity index (χ0v) is 17.5. The smallest absolute Gasteiger partial charge is 0.253 e. The lowest BCUT2D eigenvalue weighted by Crippen LogP contribution is -2.36. The minimum absolute atomic E-state index is 0.113. The molecule has 0 atom stereocenters. The molecule has 150 valence electrons. The Bertz CT molecular complexity index is 486. The quantitative estimate of drug-likeness (QED) is 0.635. The van der Waals surface area contributed by atoms with Crippen molar-refractivity contribution in [3.05, 3.63) is 12.2 Å². The van der Waals surface area contributed by atoms with Gasteiger partial charge in [0, 0.05) is 38.3 Å². The van der Waals surface area contributed by atoms with Gasteiger partial charge in [-0.05, 0) is 32.1 Å². The van der Waals surface area contributed by atoms with Crippen LogP contribution in [0.1, 0.15) is 67.7 Å². The molecule has 26 heavy (non-hydrogen) atoms. The number of nitrogens with one attached hydrogen (secondary N) is 1. The highest BCUT2D eigenvalue weighted by Gasteiger charge is 2.24. The van der Waals surface area contributed by atoms with Gasteiger partial charge in [-0.3, -0.25) is 19.3 Å². The van der Waals surface area contributed by atoms with Crippen molar-refractivity contribution in [2.45, 2.75) is 73.3 Å². The topological polar surface area (TPSA) is 75.7 Å². The number of hydrogen-bond acceptors (Lipinski definition) is 4. The Morgan fingerprint density at radius 1 is 1.04 bits per heavy atom. The minimum Gasteiger partial charge on any atom is -0.375 e. The van der Waals surface area contributed by atoms with Crippen LogP contribution >= 0.6 is 0 Å². The van der Waals surface area contributed by atoms with Gasteiger partial charge in [0.15, 0.2) is 0 Å². The lowest BCUT2D eigenvalue weighted by Gasteiger charge is -2.28. The van der Waals surface area contributed by atoms with Crippen molar-refractivity contribution in [2.75, 3.05) is 19.7 Å². The monoisotopic (exact) mass is 368 g/mol. The average Bonchev–Trinajstić information content (AvgIpc) is 2.84. The van der Waals surface area contributed by atoms with E-state index in [1.165, 1.54) is 12.2 Å². The lowest BCUT2D eigenvalue weighted by molar-refractivity contribution is -0.137. The first-order valence-electron chi connectivity index (χ1n) is 9.44. The van der Waals surface area contributed by atoms with E-state index in [0.29, 0.717) is 19.6 Å². The standard InChI is InChI=1S/C18H30N2O4.C2H6/c1-17(2,3)10-13-24-18(4,5)9-11-19-14(21)8-12-20-15(22)6-7-16(20)23;1-2/h6-7H,8-13H2,1-5H3,(H,19,21);1-2H3. The van der Waals surface area contributed by atoms with Gasteiger partial charge in [0.1, 0.15) is 0 Å². The van der Waals surface area contributed by atoms with Gasteiger partial charge in [-0.25, -0.2) is 0 Å². The van der Waals surface area contributed by atoms with Crippen molar-refractivity contribution in [1.29, 1.82) is 0 Å². The van der Waals surface area contributed by atoms with Gasteiger partial charge in [-0.1, -0.05) is 34.6 Å². The number of hydrogen-bond donors (Lipinski definition) is 1. The van der Waals surface area contributed by atoms with Crippen LogP contribution in [0.4, 0.5) is 0 Å². The van der Waals surface area contributed by atoms with Gasteiger partial charge >= 0.3 is 0 Å². The molecule has 3 amide bonds. The maximum Gasteiger partial charge on any atom is 0.253 e. The second kappa shape index (κ2) is 11.1. The molecular weight excluding hydrogens is 332 g/mol. The number of imide groups is 1. The summed E-state index contributed by atoms with van der Waals surface area (Å²) in [6.07, 6.45) is 4.24. The van der Waals surface area contributed by atoms with Crippen LogP contribution in [0.5, 0.6) is 0 Å². The molecule has 6 heteroatoms. The molecular formula is C20H36N2O4. The van der Waals surface area contributed by atoms with Crippen LogP contribution in [0.2, 0.25) is 0 Å². The lowest BCUT2D eigenvalue weighted by atomic mass is 9.93. The molecule has 0 spiro atoms. The normalized spacial score (nSPS) is 14.3. The number of carbonyl (C=O) groups is 3. The number of carbonyl (C=O) groups excluding carboxylic acids is 3. The Balaban J connectivity index is 0.00000301. The Morgan fingerprint density at radius 3 is 2.08 bits per heavy atom. The molecule has 0 aromatic heterocycles. The molecule has 0 aliphatic carbocycles. The van der Waals surface area contributed by atoms with E-state index < -0.39 is 0 Å². The average molecular weight is 369 g/mol. The van der Waals surface area contributed by atoms with Crippen LogP contribution < -0.4 is 5.32 Å². The number of rotatable bonds is 9. The molecule has 1 heterocycles. The molecule has 0 unspecified atom stereocenters. The second-order valence-corrected chi connectivity index (χ2v) is 7.93. The summed E-state index contributed by atoms with van der Waals surface area (Å²) < 4.78 is 5.90. The summed E-state index contributed by atoms with van der Waals surface area (Å²) in [4.78, 5) is 35.7. The zero-order valence-electron chi connectivity index (χ0n) is 17.5. The van der Waals surface area contributed by atoms with Gasteiger partial charge < -0.3 is 10.1 Å². The van der Waals surface area contributed by atoms with Crippen molar-refractivity contribution in [2.24, 2.45) is 5.41 Å². The summed E-state index contributed by atoms with van der Waals surface area (Å²) in [5.41, 5.74) is -0.0626. The first-order valence-corrected chi connectivity index (χ1v) is 9.44. The SMILES string of the molecule is CC.CC(C)(C)CCOC(C)(C)CCNC(=O)CCN1C(=O)C=CC1=O. The summed E-state index contributed by atoms with van der Waals surface area (Å²) in [6, 6.07) is 0.